The SMILES string of the molecule is O=C(CC[C@@H]1CCCN2CCCC[C@H]12)NCc1nc(-c2ccncc2)n[nH]1. The largest absolute Gasteiger partial charge is 0.349 e. The third-order valence-electron chi connectivity index (χ3n) is 5.89. The van der Waals surface area contributed by atoms with Crippen molar-refractivity contribution in [3.63, 3.8) is 0 Å². The molecule has 2 saturated heterocycles. The van der Waals surface area contributed by atoms with E-state index in [-0.39, 0.29) is 5.91 Å². The molecule has 0 unspecified atom stereocenters. The van der Waals surface area contributed by atoms with E-state index in [4.69, 9.17) is 0 Å². The first-order chi connectivity index (χ1) is 13.3. The van der Waals surface area contributed by atoms with Gasteiger partial charge >= 0.3 is 0 Å². The average Bonchev–Trinajstić information content (AvgIpc) is 3.20. The summed E-state index contributed by atoms with van der Waals surface area (Å²) in [5, 5.41) is 10.1. The predicted octanol–water partition coefficient (Wildman–Crippen LogP) is 2.53. The van der Waals surface area contributed by atoms with Crippen LogP contribution in [0.3, 0.4) is 0 Å². The Balaban J connectivity index is 1.24. The maximum Gasteiger partial charge on any atom is 0.220 e. The molecule has 0 saturated carbocycles. The van der Waals surface area contributed by atoms with Crippen LogP contribution in [0.15, 0.2) is 24.5 Å². The quantitative estimate of drug-likeness (QED) is 0.818. The van der Waals surface area contributed by atoms with Gasteiger partial charge in [-0.1, -0.05) is 6.42 Å². The van der Waals surface area contributed by atoms with Gasteiger partial charge in [0.1, 0.15) is 5.82 Å². The summed E-state index contributed by atoms with van der Waals surface area (Å²) in [6.45, 7) is 2.88. The van der Waals surface area contributed by atoms with Gasteiger partial charge in [-0.25, -0.2) is 4.98 Å². The van der Waals surface area contributed by atoms with Crippen LogP contribution in [0.5, 0.6) is 0 Å². The number of carbonyl (C=O) groups is 1. The smallest absolute Gasteiger partial charge is 0.220 e. The molecular formula is C20H28N6O. The van der Waals surface area contributed by atoms with Crippen molar-refractivity contribution < 1.29 is 4.79 Å². The molecule has 2 fully saturated rings. The van der Waals surface area contributed by atoms with Gasteiger partial charge in [0.2, 0.25) is 5.91 Å². The molecular weight excluding hydrogens is 340 g/mol. The summed E-state index contributed by atoms with van der Waals surface area (Å²) in [7, 11) is 0. The zero-order chi connectivity index (χ0) is 18.5. The fraction of sp³-hybridized carbons (Fsp3) is 0.600. The molecule has 0 aromatic carbocycles. The second-order valence-electron chi connectivity index (χ2n) is 7.66. The Morgan fingerprint density at radius 2 is 2.04 bits per heavy atom. The van der Waals surface area contributed by atoms with Crippen molar-refractivity contribution in [3.05, 3.63) is 30.4 Å². The normalized spacial score (nSPS) is 23.0. The van der Waals surface area contributed by atoms with Gasteiger partial charge in [-0.3, -0.25) is 14.9 Å². The van der Waals surface area contributed by atoms with Crippen LogP contribution >= 0.6 is 0 Å². The number of nitrogens with one attached hydrogen (secondary N) is 2. The topological polar surface area (TPSA) is 86.8 Å². The fourth-order valence-corrected chi connectivity index (χ4v) is 4.51. The fourth-order valence-electron chi connectivity index (χ4n) is 4.51. The van der Waals surface area contributed by atoms with Crippen LogP contribution in [-0.4, -0.2) is 50.1 Å². The molecule has 144 valence electrons. The Kier molecular flexibility index (Phi) is 5.77. The molecule has 2 atom stereocenters. The van der Waals surface area contributed by atoms with Crippen LogP contribution in [0.2, 0.25) is 0 Å². The number of amides is 1. The molecule has 7 heteroatoms. The highest BCUT2D eigenvalue weighted by Gasteiger charge is 2.32. The van der Waals surface area contributed by atoms with Gasteiger partial charge < -0.3 is 10.2 Å². The van der Waals surface area contributed by atoms with Gasteiger partial charge in [-0.2, -0.15) is 5.10 Å². The van der Waals surface area contributed by atoms with Crippen molar-refractivity contribution in [3.8, 4) is 11.4 Å². The first-order valence-corrected chi connectivity index (χ1v) is 10.1. The van der Waals surface area contributed by atoms with Crippen molar-refractivity contribution in [2.45, 2.75) is 57.5 Å². The van der Waals surface area contributed by atoms with Crippen molar-refractivity contribution in [2.75, 3.05) is 13.1 Å². The number of hydrogen-bond acceptors (Lipinski definition) is 5. The lowest BCUT2D eigenvalue weighted by Crippen LogP contribution is -2.48. The first kappa shape index (κ1) is 18.1. The molecule has 4 heterocycles. The van der Waals surface area contributed by atoms with E-state index in [1.54, 1.807) is 12.4 Å². The minimum absolute atomic E-state index is 0.102. The molecule has 2 aliphatic rings. The molecule has 0 aliphatic carbocycles. The maximum atomic E-state index is 12.3. The average molecular weight is 368 g/mol. The molecule has 0 radical (unpaired) electrons. The highest BCUT2D eigenvalue weighted by molar-refractivity contribution is 5.75. The van der Waals surface area contributed by atoms with E-state index in [1.165, 1.54) is 45.2 Å². The zero-order valence-corrected chi connectivity index (χ0v) is 15.7. The zero-order valence-electron chi connectivity index (χ0n) is 15.7. The number of pyridine rings is 1. The molecule has 0 spiro atoms. The van der Waals surface area contributed by atoms with Crippen molar-refractivity contribution in [2.24, 2.45) is 5.92 Å². The lowest BCUT2D eigenvalue weighted by atomic mass is 9.81. The summed E-state index contributed by atoms with van der Waals surface area (Å²) >= 11 is 0. The molecule has 7 nitrogen and oxygen atoms in total. The van der Waals surface area contributed by atoms with Crippen molar-refractivity contribution >= 4 is 5.91 Å². The summed E-state index contributed by atoms with van der Waals surface area (Å²) < 4.78 is 0. The Hall–Kier alpha value is -2.28. The Morgan fingerprint density at radius 1 is 1.19 bits per heavy atom. The summed E-state index contributed by atoms with van der Waals surface area (Å²) in [4.78, 5) is 23.4. The van der Waals surface area contributed by atoms with E-state index in [0.29, 0.717) is 36.6 Å². The van der Waals surface area contributed by atoms with Gasteiger partial charge in [-0.15, -0.1) is 0 Å². The van der Waals surface area contributed by atoms with Gasteiger partial charge in [0.05, 0.1) is 6.54 Å². The Bertz CT molecular complexity index is 744. The number of hydrogen-bond donors (Lipinski definition) is 2. The van der Waals surface area contributed by atoms with Gasteiger partial charge in [0.25, 0.3) is 0 Å². The Labute approximate surface area is 160 Å². The summed E-state index contributed by atoms with van der Waals surface area (Å²) in [6.07, 6.45) is 11.5. The first-order valence-electron chi connectivity index (χ1n) is 10.1. The number of nitrogens with zero attached hydrogens (tertiary/aromatic N) is 4. The lowest BCUT2D eigenvalue weighted by Gasteiger charge is -2.44. The molecule has 1 amide bonds. The highest BCUT2D eigenvalue weighted by atomic mass is 16.1. The number of fused-ring (bicyclic) bond motifs is 1. The number of aromatic nitrogens is 4. The number of rotatable bonds is 6. The minimum Gasteiger partial charge on any atom is -0.349 e. The number of piperidine rings is 2. The highest BCUT2D eigenvalue weighted by Crippen LogP contribution is 2.33. The van der Waals surface area contributed by atoms with Crippen LogP contribution in [0.25, 0.3) is 11.4 Å². The lowest BCUT2D eigenvalue weighted by molar-refractivity contribution is -0.121. The molecule has 2 aromatic heterocycles. The summed E-state index contributed by atoms with van der Waals surface area (Å²) in [6, 6.07) is 4.44. The van der Waals surface area contributed by atoms with Crippen LogP contribution in [-0.2, 0) is 11.3 Å². The van der Waals surface area contributed by atoms with E-state index < -0.39 is 0 Å². The van der Waals surface area contributed by atoms with Crippen molar-refractivity contribution in [1.29, 1.82) is 0 Å². The monoisotopic (exact) mass is 368 g/mol. The standard InChI is InChI=1S/C20H28N6O/c27-19(7-6-15-4-3-13-26-12-2-1-5-17(15)26)22-14-18-23-20(25-24-18)16-8-10-21-11-9-16/h8-11,15,17H,1-7,12-14H2,(H,22,27)(H,23,24,25)/t15-,17+/m0/s1. The second-order valence-corrected chi connectivity index (χ2v) is 7.66. The Morgan fingerprint density at radius 3 is 2.93 bits per heavy atom. The van der Waals surface area contributed by atoms with Crippen LogP contribution in [0, 0.1) is 5.92 Å². The third-order valence-corrected chi connectivity index (χ3v) is 5.89. The van der Waals surface area contributed by atoms with E-state index in [2.05, 4.69) is 30.4 Å². The second kappa shape index (κ2) is 8.61. The van der Waals surface area contributed by atoms with Crippen LogP contribution in [0.1, 0.15) is 50.8 Å². The molecule has 4 rings (SSSR count). The molecule has 2 aliphatic heterocycles. The molecule has 0 bridgehead atoms. The third kappa shape index (κ3) is 4.53. The van der Waals surface area contributed by atoms with Gasteiger partial charge in [0, 0.05) is 30.4 Å². The van der Waals surface area contributed by atoms with E-state index >= 15 is 0 Å². The number of carbonyl (C=O) groups excluding carboxylic acids is 1. The van der Waals surface area contributed by atoms with E-state index in [9.17, 15) is 4.79 Å². The molecule has 2 N–H and O–H groups in total. The maximum absolute atomic E-state index is 12.3. The van der Waals surface area contributed by atoms with Crippen molar-refractivity contribution in [1.82, 2.24) is 30.4 Å². The van der Waals surface area contributed by atoms with Crippen LogP contribution in [0.4, 0.5) is 0 Å². The summed E-state index contributed by atoms with van der Waals surface area (Å²) in [5.41, 5.74) is 0.910. The van der Waals surface area contributed by atoms with E-state index in [1.807, 2.05) is 12.1 Å². The molecule has 27 heavy (non-hydrogen) atoms. The number of aromatic amines is 1. The van der Waals surface area contributed by atoms with Gasteiger partial charge in [-0.05, 0) is 63.2 Å². The predicted molar refractivity (Wildman–Crippen MR) is 103 cm³/mol. The van der Waals surface area contributed by atoms with E-state index in [0.717, 1.165) is 12.0 Å². The van der Waals surface area contributed by atoms with Crippen LogP contribution < -0.4 is 5.32 Å². The molecule has 2 aromatic rings. The number of H-pyrrole nitrogens is 1. The van der Waals surface area contributed by atoms with Gasteiger partial charge in [0.15, 0.2) is 5.82 Å². The summed E-state index contributed by atoms with van der Waals surface area (Å²) in [5.74, 6) is 2.07. The minimum atomic E-state index is 0.102.